The third kappa shape index (κ3) is 2.54. The molecule has 1 aliphatic rings. The summed E-state index contributed by atoms with van der Waals surface area (Å²) < 4.78 is 1.00. The van der Waals surface area contributed by atoms with Crippen molar-refractivity contribution < 1.29 is 4.79 Å². The van der Waals surface area contributed by atoms with Gasteiger partial charge in [-0.25, -0.2) is 0 Å². The molecular weight excluding hydrogens is 216 g/mol. The first-order valence-electron chi connectivity index (χ1n) is 4.72. The van der Waals surface area contributed by atoms with Crippen LogP contribution in [0.1, 0.15) is 30.7 Å². The van der Waals surface area contributed by atoms with E-state index in [2.05, 4.69) is 10.2 Å². The summed E-state index contributed by atoms with van der Waals surface area (Å²) in [5.74, 6) is 0.398. The molecule has 3 nitrogen and oxygen atoms in total. The number of hydrogen-bond acceptors (Lipinski definition) is 5. The lowest BCUT2D eigenvalue weighted by Gasteiger charge is -2.18. The Labute approximate surface area is 91.3 Å². The Hall–Kier alpha value is -0.420. The molecule has 1 heterocycles. The molecule has 0 aromatic carbocycles. The second-order valence-electron chi connectivity index (χ2n) is 3.46. The van der Waals surface area contributed by atoms with Gasteiger partial charge in [0, 0.05) is 18.1 Å². The summed E-state index contributed by atoms with van der Waals surface area (Å²) in [5, 5.41) is 9.45. The third-order valence-corrected chi connectivity index (χ3v) is 4.40. The topological polar surface area (TPSA) is 42.9 Å². The fourth-order valence-electron chi connectivity index (χ4n) is 1.55. The normalized spacial score (nSPS) is 22.6. The average molecular weight is 228 g/mol. The van der Waals surface area contributed by atoms with Crippen LogP contribution in [-0.2, 0) is 4.79 Å². The number of thioether (sulfide) groups is 1. The molecular formula is C9H12N2OS2. The number of aromatic nitrogens is 2. The molecule has 0 saturated heterocycles. The molecule has 0 bridgehead atoms. The molecule has 1 saturated carbocycles. The minimum atomic E-state index is 0.398. The van der Waals surface area contributed by atoms with E-state index in [9.17, 15) is 4.79 Å². The number of rotatable bonds is 2. The Kier molecular flexibility index (Phi) is 3.18. The van der Waals surface area contributed by atoms with E-state index in [-0.39, 0.29) is 0 Å². The summed E-state index contributed by atoms with van der Waals surface area (Å²) in [6, 6.07) is 0. The van der Waals surface area contributed by atoms with Crippen molar-refractivity contribution in [1.29, 1.82) is 0 Å². The maximum absolute atomic E-state index is 11.2. The van der Waals surface area contributed by atoms with Crippen molar-refractivity contribution in [1.82, 2.24) is 10.2 Å². The predicted octanol–water partition coefficient (Wildman–Crippen LogP) is 2.45. The van der Waals surface area contributed by atoms with Crippen molar-refractivity contribution in [2.75, 3.05) is 0 Å². The quantitative estimate of drug-likeness (QED) is 0.780. The summed E-state index contributed by atoms with van der Waals surface area (Å²) in [4.78, 5) is 11.2. The second kappa shape index (κ2) is 4.40. The molecule has 14 heavy (non-hydrogen) atoms. The van der Waals surface area contributed by atoms with Gasteiger partial charge in [-0.05, 0) is 19.8 Å². The Morgan fingerprint density at radius 3 is 3.00 bits per heavy atom. The van der Waals surface area contributed by atoms with E-state index >= 15 is 0 Å². The minimum Gasteiger partial charge on any atom is -0.300 e. The van der Waals surface area contributed by atoms with Crippen molar-refractivity contribution in [2.24, 2.45) is 0 Å². The Balaban J connectivity index is 1.93. The summed E-state index contributed by atoms with van der Waals surface area (Å²) in [7, 11) is 0. The smallest absolute Gasteiger partial charge is 0.174 e. The minimum absolute atomic E-state index is 0.398. The highest BCUT2D eigenvalue weighted by atomic mass is 32.2. The van der Waals surface area contributed by atoms with Crippen LogP contribution in [-0.4, -0.2) is 21.2 Å². The average Bonchev–Trinajstić information content (AvgIpc) is 2.51. The van der Waals surface area contributed by atoms with Gasteiger partial charge in [-0.3, -0.25) is 4.79 Å². The van der Waals surface area contributed by atoms with Crippen LogP contribution in [0.25, 0.3) is 0 Å². The highest BCUT2D eigenvalue weighted by Gasteiger charge is 2.21. The Morgan fingerprint density at radius 1 is 1.50 bits per heavy atom. The molecule has 0 amide bonds. The first-order chi connectivity index (χ1) is 6.74. The number of hydrogen-bond donors (Lipinski definition) is 0. The predicted molar refractivity (Wildman–Crippen MR) is 57.8 cm³/mol. The van der Waals surface area contributed by atoms with E-state index in [1.165, 1.54) is 0 Å². The van der Waals surface area contributed by atoms with Crippen LogP contribution < -0.4 is 0 Å². The van der Waals surface area contributed by atoms with Crippen LogP contribution in [0.15, 0.2) is 4.34 Å². The van der Waals surface area contributed by atoms with Crippen molar-refractivity contribution in [3.05, 3.63) is 5.01 Å². The van der Waals surface area contributed by atoms with Gasteiger partial charge in [-0.15, -0.1) is 10.2 Å². The molecule has 0 N–H and O–H groups in total. The fourth-order valence-corrected chi connectivity index (χ4v) is 3.86. The molecule has 76 valence electrons. The Morgan fingerprint density at radius 2 is 2.36 bits per heavy atom. The molecule has 0 radical (unpaired) electrons. The van der Waals surface area contributed by atoms with Gasteiger partial charge in [-0.2, -0.15) is 0 Å². The van der Waals surface area contributed by atoms with Gasteiger partial charge < -0.3 is 0 Å². The van der Waals surface area contributed by atoms with Gasteiger partial charge in [0.05, 0.1) is 0 Å². The van der Waals surface area contributed by atoms with Gasteiger partial charge in [0.2, 0.25) is 0 Å². The number of carbonyl (C=O) groups excluding carboxylic acids is 1. The Bertz CT molecular complexity index is 337. The van der Waals surface area contributed by atoms with E-state index in [0.717, 1.165) is 28.6 Å². The number of ketones is 1. The van der Waals surface area contributed by atoms with E-state index < -0.39 is 0 Å². The van der Waals surface area contributed by atoms with Crippen LogP contribution >= 0.6 is 23.1 Å². The monoisotopic (exact) mass is 228 g/mol. The highest BCUT2D eigenvalue weighted by Crippen LogP contribution is 2.33. The maximum Gasteiger partial charge on any atom is 0.174 e. The van der Waals surface area contributed by atoms with Crippen molar-refractivity contribution in [2.45, 2.75) is 42.2 Å². The lowest BCUT2D eigenvalue weighted by atomic mass is 9.99. The fraction of sp³-hybridized carbons (Fsp3) is 0.667. The second-order valence-corrected chi connectivity index (χ2v) is 6.19. The molecule has 1 unspecified atom stereocenters. The van der Waals surface area contributed by atoms with Crippen molar-refractivity contribution in [3.8, 4) is 0 Å². The van der Waals surface area contributed by atoms with E-state index in [1.807, 2.05) is 6.92 Å². The zero-order chi connectivity index (χ0) is 9.97. The first kappa shape index (κ1) is 10.1. The van der Waals surface area contributed by atoms with Gasteiger partial charge in [-0.1, -0.05) is 23.1 Å². The van der Waals surface area contributed by atoms with Crippen LogP contribution in [0.4, 0.5) is 0 Å². The van der Waals surface area contributed by atoms with Crippen LogP contribution in [0, 0.1) is 6.92 Å². The van der Waals surface area contributed by atoms with Crippen LogP contribution in [0.2, 0.25) is 0 Å². The largest absolute Gasteiger partial charge is 0.300 e. The highest BCUT2D eigenvalue weighted by molar-refractivity contribution is 8.01. The van der Waals surface area contributed by atoms with Crippen molar-refractivity contribution >= 4 is 28.9 Å². The number of carbonyl (C=O) groups is 1. The summed E-state index contributed by atoms with van der Waals surface area (Å²) in [6.07, 6.45) is 3.65. The maximum atomic E-state index is 11.2. The molecule has 1 atom stereocenters. The van der Waals surface area contributed by atoms with E-state index in [0.29, 0.717) is 17.5 Å². The molecule has 5 heteroatoms. The van der Waals surface area contributed by atoms with Gasteiger partial charge in [0.15, 0.2) is 4.34 Å². The van der Waals surface area contributed by atoms with Gasteiger partial charge in [0.1, 0.15) is 10.8 Å². The van der Waals surface area contributed by atoms with Crippen molar-refractivity contribution in [3.63, 3.8) is 0 Å². The number of aryl methyl sites for hydroxylation is 1. The zero-order valence-corrected chi connectivity index (χ0v) is 9.66. The molecule has 1 aromatic heterocycles. The van der Waals surface area contributed by atoms with Crippen LogP contribution in [0.3, 0.4) is 0 Å². The van der Waals surface area contributed by atoms with Gasteiger partial charge in [0.25, 0.3) is 0 Å². The van der Waals surface area contributed by atoms with Crippen LogP contribution in [0.5, 0.6) is 0 Å². The standard InChI is InChI=1S/C9H12N2OS2/c1-6-10-11-9(13-6)14-8-4-2-3-7(12)5-8/h8H,2-5H2,1H3. The van der Waals surface area contributed by atoms with Gasteiger partial charge >= 0.3 is 0 Å². The summed E-state index contributed by atoms with van der Waals surface area (Å²) >= 11 is 3.33. The molecule has 1 fully saturated rings. The lowest BCUT2D eigenvalue weighted by molar-refractivity contribution is -0.120. The number of Topliss-reactive ketones (excluding diaryl/α,β-unsaturated/α-hetero) is 1. The van der Waals surface area contributed by atoms with E-state index in [1.54, 1.807) is 23.1 Å². The molecule has 1 aliphatic carbocycles. The lowest BCUT2D eigenvalue weighted by Crippen LogP contribution is -2.16. The SMILES string of the molecule is Cc1nnc(SC2CCCC(=O)C2)s1. The third-order valence-electron chi connectivity index (χ3n) is 2.21. The molecule has 2 rings (SSSR count). The summed E-state index contributed by atoms with van der Waals surface area (Å²) in [6.45, 7) is 1.95. The first-order valence-corrected chi connectivity index (χ1v) is 6.42. The number of nitrogens with zero attached hydrogens (tertiary/aromatic N) is 2. The molecule has 1 aromatic rings. The van der Waals surface area contributed by atoms with E-state index in [4.69, 9.17) is 0 Å². The molecule has 0 spiro atoms. The summed E-state index contributed by atoms with van der Waals surface area (Å²) in [5.41, 5.74) is 0. The molecule has 0 aliphatic heterocycles. The zero-order valence-electron chi connectivity index (χ0n) is 8.02.